The summed E-state index contributed by atoms with van der Waals surface area (Å²) in [5.74, 6) is 1.88. The molecule has 0 radical (unpaired) electrons. The number of aromatic nitrogens is 5. The molecule has 0 aromatic carbocycles. The van der Waals surface area contributed by atoms with Crippen molar-refractivity contribution in [3.63, 3.8) is 0 Å². The van der Waals surface area contributed by atoms with Gasteiger partial charge < -0.3 is 9.84 Å². The third-order valence-electron chi connectivity index (χ3n) is 4.32. The maximum absolute atomic E-state index is 12.8. The number of aryl methyl sites for hydroxylation is 2. The monoisotopic (exact) mass is 406 g/mol. The third-order valence-corrected chi connectivity index (χ3v) is 5.36. The highest BCUT2D eigenvalue weighted by atomic mass is 32.2. The second-order valence-electron chi connectivity index (χ2n) is 6.28. The molecule has 29 heavy (non-hydrogen) atoms. The zero-order valence-corrected chi connectivity index (χ0v) is 16.7. The minimum atomic E-state index is -0.239. The second kappa shape index (κ2) is 8.27. The summed E-state index contributed by atoms with van der Waals surface area (Å²) in [6.07, 6.45) is 8.44. The van der Waals surface area contributed by atoms with Crippen LogP contribution in [0.25, 0.3) is 5.82 Å². The van der Waals surface area contributed by atoms with Crippen LogP contribution < -0.4 is 5.32 Å². The number of carbonyl (C=O) groups excluding carboxylic acids is 1. The van der Waals surface area contributed by atoms with E-state index in [9.17, 15) is 4.79 Å². The fourth-order valence-corrected chi connectivity index (χ4v) is 3.88. The van der Waals surface area contributed by atoms with Crippen LogP contribution in [0.2, 0.25) is 0 Å². The number of pyridine rings is 2. The Morgan fingerprint density at radius 2 is 2.10 bits per heavy atom. The predicted molar refractivity (Wildman–Crippen MR) is 109 cm³/mol. The van der Waals surface area contributed by atoms with Crippen LogP contribution in [0.3, 0.4) is 0 Å². The van der Waals surface area contributed by atoms with Gasteiger partial charge in [-0.1, -0.05) is 5.16 Å². The Morgan fingerprint density at radius 3 is 2.79 bits per heavy atom. The lowest BCUT2D eigenvalue weighted by Crippen LogP contribution is -2.14. The Kier molecular flexibility index (Phi) is 5.39. The van der Waals surface area contributed by atoms with Crippen molar-refractivity contribution in [2.75, 3.05) is 5.32 Å². The van der Waals surface area contributed by atoms with E-state index in [1.807, 2.05) is 19.9 Å². The lowest BCUT2D eigenvalue weighted by Gasteiger charge is -2.09. The number of hydrogen-bond donors (Lipinski definition) is 1. The molecule has 0 unspecified atom stereocenters. The molecule has 0 saturated carbocycles. The van der Waals surface area contributed by atoms with Crippen LogP contribution in [0.1, 0.15) is 27.4 Å². The predicted octanol–water partition coefficient (Wildman–Crippen LogP) is 3.81. The summed E-state index contributed by atoms with van der Waals surface area (Å²) in [7, 11) is 0. The fourth-order valence-electron chi connectivity index (χ4n) is 2.73. The van der Waals surface area contributed by atoms with Crippen LogP contribution in [0, 0.1) is 13.8 Å². The first-order chi connectivity index (χ1) is 14.1. The molecule has 0 atom stereocenters. The minimum absolute atomic E-state index is 0.239. The molecule has 4 rings (SSSR count). The molecule has 0 bridgehead atoms. The van der Waals surface area contributed by atoms with E-state index in [1.54, 1.807) is 53.9 Å². The van der Waals surface area contributed by atoms with Gasteiger partial charge in [0.15, 0.2) is 0 Å². The standard InChI is InChI=1S/C20H18N6O2S/c1-13-17(14(2)28-25-13)11-29-20-16(4-3-7-22-20)19(27)24-15-5-6-18(23-10-15)26-9-8-21-12-26/h3-10,12H,11H2,1-2H3,(H,24,27). The largest absolute Gasteiger partial charge is 0.361 e. The van der Waals surface area contributed by atoms with Gasteiger partial charge in [-0.2, -0.15) is 0 Å². The highest BCUT2D eigenvalue weighted by Crippen LogP contribution is 2.27. The van der Waals surface area contributed by atoms with Crippen molar-refractivity contribution in [1.82, 2.24) is 24.7 Å². The zero-order valence-electron chi connectivity index (χ0n) is 15.9. The minimum Gasteiger partial charge on any atom is -0.361 e. The lowest BCUT2D eigenvalue weighted by atomic mass is 10.2. The number of hydrogen-bond acceptors (Lipinski definition) is 7. The van der Waals surface area contributed by atoms with E-state index in [0.29, 0.717) is 22.0 Å². The molecule has 0 saturated heterocycles. The average Bonchev–Trinajstić information content (AvgIpc) is 3.38. The van der Waals surface area contributed by atoms with Gasteiger partial charge in [-0.05, 0) is 38.1 Å². The molecule has 0 spiro atoms. The van der Waals surface area contributed by atoms with Gasteiger partial charge in [0.1, 0.15) is 22.9 Å². The zero-order chi connectivity index (χ0) is 20.2. The molecule has 4 aromatic heterocycles. The van der Waals surface area contributed by atoms with Gasteiger partial charge in [0.2, 0.25) is 0 Å². The topological polar surface area (TPSA) is 98.7 Å². The van der Waals surface area contributed by atoms with Crippen molar-refractivity contribution in [1.29, 1.82) is 0 Å². The van der Waals surface area contributed by atoms with Crippen molar-refractivity contribution in [3.8, 4) is 5.82 Å². The summed E-state index contributed by atoms with van der Waals surface area (Å²) in [5.41, 5.74) is 2.97. The van der Waals surface area contributed by atoms with Crippen LogP contribution >= 0.6 is 11.8 Å². The van der Waals surface area contributed by atoms with Crippen LogP contribution in [-0.2, 0) is 5.75 Å². The van der Waals surface area contributed by atoms with Gasteiger partial charge in [0, 0.05) is 29.9 Å². The molecule has 0 aliphatic heterocycles. The second-order valence-corrected chi connectivity index (χ2v) is 7.24. The van der Waals surface area contributed by atoms with E-state index in [4.69, 9.17) is 4.52 Å². The molecule has 0 fully saturated rings. The third kappa shape index (κ3) is 4.19. The van der Waals surface area contributed by atoms with Crippen LogP contribution in [0.5, 0.6) is 0 Å². The highest BCUT2D eigenvalue weighted by molar-refractivity contribution is 7.98. The number of imidazole rings is 1. The van der Waals surface area contributed by atoms with Gasteiger partial charge in [-0.3, -0.25) is 9.36 Å². The smallest absolute Gasteiger partial charge is 0.258 e. The number of nitrogens with zero attached hydrogens (tertiary/aromatic N) is 5. The fraction of sp³-hybridized carbons (Fsp3) is 0.150. The van der Waals surface area contributed by atoms with E-state index in [2.05, 4.69) is 25.4 Å². The first-order valence-corrected chi connectivity index (χ1v) is 9.85. The normalized spacial score (nSPS) is 10.8. The van der Waals surface area contributed by atoms with Crippen LogP contribution in [-0.4, -0.2) is 30.6 Å². The molecule has 4 aromatic rings. The quantitative estimate of drug-likeness (QED) is 0.486. The summed E-state index contributed by atoms with van der Waals surface area (Å²) < 4.78 is 6.99. The van der Waals surface area contributed by atoms with E-state index in [0.717, 1.165) is 22.8 Å². The summed E-state index contributed by atoms with van der Waals surface area (Å²) >= 11 is 1.47. The van der Waals surface area contributed by atoms with Crippen molar-refractivity contribution >= 4 is 23.4 Å². The molecular formula is C20H18N6O2S. The Balaban J connectivity index is 1.47. The molecule has 146 valence electrons. The van der Waals surface area contributed by atoms with Gasteiger partial charge in [-0.15, -0.1) is 11.8 Å². The number of nitrogens with one attached hydrogen (secondary N) is 1. The molecule has 1 amide bonds. The van der Waals surface area contributed by atoms with E-state index >= 15 is 0 Å². The summed E-state index contributed by atoms with van der Waals surface area (Å²) in [6, 6.07) is 7.11. The Bertz CT molecular complexity index is 1100. The Morgan fingerprint density at radius 1 is 1.21 bits per heavy atom. The first-order valence-electron chi connectivity index (χ1n) is 8.87. The van der Waals surface area contributed by atoms with Gasteiger partial charge in [-0.25, -0.2) is 15.0 Å². The van der Waals surface area contributed by atoms with E-state index in [-0.39, 0.29) is 5.91 Å². The molecule has 0 aliphatic rings. The van der Waals surface area contributed by atoms with E-state index < -0.39 is 0 Å². The maximum Gasteiger partial charge on any atom is 0.258 e. The number of carbonyl (C=O) groups is 1. The summed E-state index contributed by atoms with van der Waals surface area (Å²) in [5, 5.41) is 7.49. The van der Waals surface area contributed by atoms with Crippen molar-refractivity contribution in [2.45, 2.75) is 24.6 Å². The van der Waals surface area contributed by atoms with Crippen molar-refractivity contribution < 1.29 is 9.32 Å². The Hall–Kier alpha value is -3.46. The highest BCUT2D eigenvalue weighted by Gasteiger charge is 2.16. The first kappa shape index (κ1) is 18.9. The molecule has 1 N–H and O–H groups in total. The molecule has 8 nitrogen and oxygen atoms in total. The molecule has 0 aliphatic carbocycles. The van der Waals surface area contributed by atoms with Crippen LogP contribution in [0.15, 0.2) is 64.9 Å². The number of amides is 1. The lowest BCUT2D eigenvalue weighted by molar-refractivity contribution is 0.102. The van der Waals surface area contributed by atoms with Crippen molar-refractivity contribution in [3.05, 3.63) is 78.0 Å². The summed E-state index contributed by atoms with van der Waals surface area (Å²) in [6.45, 7) is 3.78. The van der Waals surface area contributed by atoms with E-state index in [1.165, 1.54) is 11.8 Å². The van der Waals surface area contributed by atoms with Gasteiger partial charge in [0.05, 0.1) is 23.1 Å². The average molecular weight is 406 g/mol. The molecule has 4 heterocycles. The maximum atomic E-state index is 12.8. The molecule has 9 heteroatoms. The number of anilines is 1. The SMILES string of the molecule is Cc1noc(C)c1CSc1ncccc1C(=O)Nc1ccc(-n2ccnc2)nc1. The van der Waals surface area contributed by atoms with Gasteiger partial charge in [0.25, 0.3) is 5.91 Å². The number of rotatable bonds is 6. The van der Waals surface area contributed by atoms with Gasteiger partial charge >= 0.3 is 0 Å². The number of thioether (sulfide) groups is 1. The van der Waals surface area contributed by atoms with Crippen molar-refractivity contribution in [2.24, 2.45) is 0 Å². The summed E-state index contributed by atoms with van der Waals surface area (Å²) in [4.78, 5) is 25.5. The molecular weight excluding hydrogens is 388 g/mol. The van der Waals surface area contributed by atoms with Crippen LogP contribution in [0.4, 0.5) is 5.69 Å². The Labute approximate surface area is 171 Å².